The smallest absolute Gasteiger partial charge is 0.335 e. The molecule has 4 nitrogen and oxygen atoms in total. The maximum atomic E-state index is 12.2. The molecule has 0 fully saturated rings. The van der Waals surface area contributed by atoms with Crippen LogP contribution in [0.3, 0.4) is 0 Å². The molecule has 2 heterocycles. The first kappa shape index (κ1) is 13.8. The fourth-order valence-electron chi connectivity index (χ4n) is 2.05. The molecule has 0 saturated carbocycles. The SMILES string of the molecule is Cc1cc(NC(=O)c2cc3sccc3s2)ccc1C(=O)O. The molecule has 0 spiro atoms. The Labute approximate surface area is 128 Å². The van der Waals surface area contributed by atoms with E-state index in [2.05, 4.69) is 5.32 Å². The lowest BCUT2D eigenvalue weighted by molar-refractivity contribution is 0.0696. The van der Waals surface area contributed by atoms with Gasteiger partial charge >= 0.3 is 5.97 Å². The van der Waals surface area contributed by atoms with Crippen molar-refractivity contribution in [3.63, 3.8) is 0 Å². The first-order valence-electron chi connectivity index (χ1n) is 6.17. The van der Waals surface area contributed by atoms with Gasteiger partial charge in [0.05, 0.1) is 10.4 Å². The first-order chi connectivity index (χ1) is 10.0. The molecule has 0 atom stereocenters. The van der Waals surface area contributed by atoms with Crippen molar-refractivity contribution in [2.24, 2.45) is 0 Å². The zero-order chi connectivity index (χ0) is 15.0. The summed E-state index contributed by atoms with van der Waals surface area (Å²) in [6.07, 6.45) is 0. The van der Waals surface area contributed by atoms with Crippen LogP contribution in [0.25, 0.3) is 9.40 Å². The van der Waals surface area contributed by atoms with Crippen LogP contribution in [0, 0.1) is 6.92 Å². The van der Waals surface area contributed by atoms with E-state index in [1.807, 2.05) is 17.5 Å². The van der Waals surface area contributed by atoms with Gasteiger partial charge in [0, 0.05) is 15.1 Å². The summed E-state index contributed by atoms with van der Waals surface area (Å²) in [7, 11) is 0. The Morgan fingerprint density at radius 3 is 2.62 bits per heavy atom. The molecule has 0 aliphatic heterocycles. The molecule has 106 valence electrons. The Hall–Kier alpha value is -2.18. The molecule has 3 rings (SSSR count). The number of carbonyl (C=O) groups is 2. The van der Waals surface area contributed by atoms with Crippen molar-refractivity contribution in [3.05, 3.63) is 51.7 Å². The minimum Gasteiger partial charge on any atom is -0.478 e. The van der Waals surface area contributed by atoms with Gasteiger partial charge in [0.15, 0.2) is 0 Å². The van der Waals surface area contributed by atoms with Gasteiger partial charge in [0.2, 0.25) is 0 Å². The van der Waals surface area contributed by atoms with E-state index in [9.17, 15) is 9.59 Å². The summed E-state index contributed by atoms with van der Waals surface area (Å²) in [5.41, 5.74) is 1.45. The third-order valence-electron chi connectivity index (χ3n) is 3.08. The van der Waals surface area contributed by atoms with Crippen molar-refractivity contribution in [1.29, 1.82) is 0 Å². The molecule has 0 aliphatic rings. The Bertz CT molecular complexity index is 819. The monoisotopic (exact) mass is 317 g/mol. The lowest BCUT2D eigenvalue weighted by Gasteiger charge is -2.06. The van der Waals surface area contributed by atoms with E-state index in [1.165, 1.54) is 17.4 Å². The molecule has 21 heavy (non-hydrogen) atoms. The number of carboxylic acids is 1. The second-order valence-electron chi connectivity index (χ2n) is 4.55. The van der Waals surface area contributed by atoms with Gasteiger partial charge in [-0.15, -0.1) is 22.7 Å². The predicted octanol–water partition coefficient (Wildman–Crippen LogP) is 4.22. The highest BCUT2D eigenvalue weighted by Gasteiger charge is 2.13. The Balaban J connectivity index is 1.82. The number of rotatable bonds is 3. The van der Waals surface area contributed by atoms with Crippen molar-refractivity contribution in [2.75, 3.05) is 5.32 Å². The Morgan fingerprint density at radius 2 is 1.95 bits per heavy atom. The van der Waals surface area contributed by atoms with Gasteiger partial charge in [-0.05, 0) is 48.2 Å². The number of hydrogen-bond acceptors (Lipinski definition) is 4. The molecule has 0 saturated heterocycles. The largest absolute Gasteiger partial charge is 0.478 e. The first-order valence-corrected chi connectivity index (χ1v) is 7.86. The number of amides is 1. The van der Waals surface area contributed by atoms with Crippen molar-refractivity contribution >= 4 is 49.6 Å². The molecule has 0 bridgehead atoms. The van der Waals surface area contributed by atoms with Gasteiger partial charge in [0.1, 0.15) is 0 Å². The zero-order valence-electron chi connectivity index (χ0n) is 11.0. The average molecular weight is 317 g/mol. The third-order valence-corrected chi connectivity index (χ3v) is 5.17. The summed E-state index contributed by atoms with van der Waals surface area (Å²) in [5, 5.41) is 13.8. The summed E-state index contributed by atoms with van der Waals surface area (Å²) >= 11 is 3.05. The van der Waals surface area contributed by atoms with Crippen LogP contribution in [0.5, 0.6) is 0 Å². The normalized spacial score (nSPS) is 10.7. The number of benzene rings is 1. The van der Waals surface area contributed by atoms with Gasteiger partial charge in [-0.1, -0.05) is 0 Å². The van der Waals surface area contributed by atoms with Crippen LogP contribution in [0.4, 0.5) is 5.69 Å². The van der Waals surface area contributed by atoms with Gasteiger partial charge < -0.3 is 10.4 Å². The van der Waals surface area contributed by atoms with Crippen molar-refractivity contribution in [2.45, 2.75) is 6.92 Å². The maximum Gasteiger partial charge on any atom is 0.335 e. The van der Waals surface area contributed by atoms with Gasteiger partial charge in [-0.3, -0.25) is 4.79 Å². The highest BCUT2D eigenvalue weighted by Crippen LogP contribution is 2.30. The molecule has 0 unspecified atom stereocenters. The number of aryl methyl sites for hydroxylation is 1. The zero-order valence-corrected chi connectivity index (χ0v) is 12.7. The fourth-order valence-corrected chi connectivity index (χ4v) is 4.06. The van der Waals surface area contributed by atoms with Crippen LogP contribution in [0.1, 0.15) is 25.6 Å². The molecule has 0 radical (unpaired) electrons. The summed E-state index contributed by atoms with van der Waals surface area (Å²) in [6.45, 7) is 1.71. The van der Waals surface area contributed by atoms with Gasteiger partial charge in [-0.25, -0.2) is 4.79 Å². The highest BCUT2D eigenvalue weighted by molar-refractivity contribution is 7.27. The van der Waals surface area contributed by atoms with E-state index in [0.29, 0.717) is 16.1 Å². The highest BCUT2D eigenvalue weighted by atomic mass is 32.1. The Kier molecular flexibility index (Phi) is 3.48. The van der Waals surface area contributed by atoms with Crippen LogP contribution >= 0.6 is 22.7 Å². The summed E-state index contributed by atoms with van der Waals surface area (Å²) in [4.78, 5) is 23.8. The molecule has 3 aromatic rings. The topological polar surface area (TPSA) is 66.4 Å². The van der Waals surface area contributed by atoms with E-state index < -0.39 is 5.97 Å². The number of nitrogens with one attached hydrogen (secondary N) is 1. The van der Waals surface area contributed by atoms with Gasteiger partial charge in [0.25, 0.3) is 5.91 Å². The molecule has 1 aromatic carbocycles. The standard InChI is InChI=1S/C15H11NO3S2/c1-8-6-9(2-3-10(8)15(18)19)16-14(17)13-7-12-11(21-13)4-5-20-12/h2-7H,1H3,(H,16,17)(H,18,19). The molecule has 2 N–H and O–H groups in total. The van der Waals surface area contributed by atoms with Crippen molar-refractivity contribution in [1.82, 2.24) is 0 Å². The van der Waals surface area contributed by atoms with E-state index in [1.54, 1.807) is 30.4 Å². The fraction of sp³-hybridized carbons (Fsp3) is 0.0667. The molecular formula is C15H11NO3S2. The summed E-state index contributed by atoms with van der Waals surface area (Å²) in [5.74, 6) is -1.14. The number of carboxylic acid groups (broad SMARTS) is 1. The van der Waals surface area contributed by atoms with Crippen LogP contribution in [0.15, 0.2) is 35.7 Å². The number of carbonyl (C=O) groups excluding carboxylic acids is 1. The summed E-state index contributed by atoms with van der Waals surface area (Å²) in [6, 6.07) is 8.63. The predicted molar refractivity (Wildman–Crippen MR) is 85.8 cm³/mol. The number of fused-ring (bicyclic) bond motifs is 1. The van der Waals surface area contributed by atoms with Crippen LogP contribution in [-0.4, -0.2) is 17.0 Å². The number of hydrogen-bond donors (Lipinski definition) is 2. The van der Waals surface area contributed by atoms with E-state index in [-0.39, 0.29) is 11.5 Å². The second kappa shape index (κ2) is 5.31. The minimum atomic E-state index is -0.969. The quantitative estimate of drug-likeness (QED) is 0.760. The van der Waals surface area contributed by atoms with Crippen molar-refractivity contribution in [3.8, 4) is 0 Å². The summed E-state index contributed by atoms with van der Waals surface area (Å²) < 4.78 is 2.20. The van der Waals surface area contributed by atoms with E-state index in [4.69, 9.17) is 5.11 Å². The second-order valence-corrected chi connectivity index (χ2v) is 6.58. The Morgan fingerprint density at radius 1 is 1.14 bits per heavy atom. The molecule has 2 aromatic heterocycles. The molecule has 0 aliphatic carbocycles. The van der Waals surface area contributed by atoms with E-state index >= 15 is 0 Å². The number of thiophene rings is 2. The number of anilines is 1. The molecule has 1 amide bonds. The van der Waals surface area contributed by atoms with Gasteiger partial charge in [-0.2, -0.15) is 0 Å². The lowest BCUT2D eigenvalue weighted by Crippen LogP contribution is -2.10. The average Bonchev–Trinajstić information content (AvgIpc) is 2.98. The third kappa shape index (κ3) is 2.68. The number of aromatic carboxylic acids is 1. The van der Waals surface area contributed by atoms with E-state index in [0.717, 1.165) is 9.40 Å². The molecule has 6 heteroatoms. The van der Waals surface area contributed by atoms with Crippen molar-refractivity contribution < 1.29 is 14.7 Å². The maximum absolute atomic E-state index is 12.2. The lowest BCUT2D eigenvalue weighted by atomic mass is 10.1. The molecular weight excluding hydrogens is 306 g/mol. The van der Waals surface area contributed by atoms with Crippen LogP contribution < -0.4 is 5.32 Å². The van der Waals surface area contributed by atoms with Crippen LogP contribution in [0.2, 0.25) is 0 Å². The minimum absolute atomic E-state index is 0.175. The van der Waals surface area contributed by atoms with Crippen LogP contribution in [-0.2, 0) is 0 Å².